The zero-order chi connectivity index (χ0) is 16.9. The molecule has 0 amide bonds. The van der Waals surface area contributed by atoms with Crippen LogP contribution in [-0.2, 0) is 16.0 Å². The van der Waals surface area contributed by atoms with Gasteiger partial charge >= 0.3 is 11.5 Å². The summed E-state index contributed by atoms with van der Waals surface area (Å²) in [5, 5.41) is 9.00. The van der Waals surface area contributed by atoms with Crippen molar-refractivity contribution in [1.29, 1.82) is 5.26 Å². The monoisotopic (exact) mass is 339 g/mol. The van der Waals surface area contributed by atoms with E-state index >= 15 is 0 Å². The summed E-state index contributed by atoms with van der Waals surface area (Å²) in [7, 11) is 0. The van der Waals surface area contributed by atoms with Gasteiger partial charge in [-0.15, -0.1) is 0 Å². The summed E-state index contributed by atoms with van der Waals surface area (Å²) >= 11 is -0.670. The van der Waals surface area contributed by atoms with Gasteiger partial charge in [0.1, 0.15) is 6.07 Å². The highest BCUT2D eigenvalue weighted by molar-refractivity contribution is 8.00. The highest BCUT2D eigenvalue weighted by atomic mass is 32.2. The number of alkyl halides is 5. The molecule has 0 saturated heterocycles. The number of rotatable bonds is 5. The number of carbonyl (C=O) groups excluding carboxylic acids is 1. The van der Waals surface area contributed by atoms with Gasteiger partial charge in [0, 0.05) is 10.5 Å². The van der Waals surface area contributed by atoms with Gasteiger partial charge in [0.15, 0.2) is 0 Å². The Bertz CT molecular complexity index is 595. The van der Waals surface area contributed by atoms with E-state index in [2.05, 4.69) is 4.74 Å². The lowest BCUT2D eigenvalue weighted by atomic mass is 10.0. The second-order valence-electron chi connectivity index (χ2n) is 4.00. The minimum absolute atomic E-state index is 0.0272. The van der Waals surface area contributed by atoms with Gasteiger partial charge in [0.25, 0.3) is 6.43 Å². The Morgan fingerprint density at radius 3 is 2.50 bits per heavy atom. The Hall–Kier alpha value is -1.82. The number of ether oxygens (including phenoxy) is 1. The van der Waals surface area contributed by atoms with Crippen LogP contribution >= 0.6 is 11.8 Å². The Labute approximate surface area is 127 Å². The third-order valence-electron chi connectivity index (χ3n) is 2.44. The number of carbonyl (C=O) groups is 1. The van der Waals surface area contributed by atoms with Crippen LogP contribution < -0.4 is 0 Å². The van der Waals surface area contributed by atoms with Crippen LogP contribution in [-0.4, -0.2) is 18.1 Å². The van der Waals surface area contributed by atoms with Crippen molar-refractivity contribution in [3.8, 4) is 6.07 Å². The lowest BCUT2D eigenvalue weighted by molar-refractivity contribution is -0.142. The van der Waals surface area contributed by atoms with Crippen LogP contribution in [0, 0.1) is 11.3 Å². The van der Waals surface area contributed by atoms with Crippen molar-refractivity contribution in [2.75, 3.05) is 6.61 Å². The van der Waals surface area contributed by atoms with Crippen molar-refractivity contribution in [2.45, 2.75) is 30.2 Å². The molecular formula is C13H10F5NO2S. The van der Waals surface area contributed by atoms with Crippen molar-refractivity contribution in [1.82, 2.24) is 0 Å². The van der Waals surface area contributed by atoms with Gasteiger partial charge < -0.3 is 4.74 Å². The molecular weight excluding hydrogens is 329 g/mol. The highest BCUT2D eigenvalue weighted by Crippen LogP contribution is 2.41. The fraction of sp³-hybridized carbons (Fsp3) is 0.385. The maximum atomic E-state index is 12.8. The second kappa shape index (κ2) is 7.45. The van der Waals surface area contributed by atoms with E-state index in [4.69, 9.17) is 5.26 Å². The Morgan fingerprint density at radius 1 is 1.41 bits per heavy atom. The second-order valence-corrected chi connectivity index (χ2v) is 5.10. The smallest absolute Gasteiger partial charge is 0.446 e. The minimum atomic E-state index is -4.74. The molecule has 0 aliphatic rings. The molecule has 3 nitrogen and oxygen atoms in total. The van der Waals surface area contributed by atoms with Crippen molar-refractivity contribution in [3.05, 3.63) is 28.8 Å². The molecule has 1 aromatic rings. The number of nitrogens with zero attached hydrogens (tertiary/aromatic N) is 1. The summed E-state index contributed by atoms with van der Waals surface area (Å²) in [4.78, 5) is 10.8. The largest absolute Gasteiger partial charge is 0.466 e. The Morgan fingerprint density at radius 2 is 2.05 bits per heavy atom. The van der Waals surface area contributed by atoms with Gasteiger partial charge in [0.2, 0.25) is 0 Å². The van der Waals surface area contributed by atoms with Crippen LogP contribution in [0.2, 0.25) is 0 Å². The third kappa shape index (κ3) is 5.18. The fourth-order valence-electron chi connectivity index (χ4n) is 1.66. The first-order chi connectivity index (χ1) is 10.2. The summed E-state index contributed by atoms with van der Waals surface area (Å²) in [5.74, 6) is -0.812. The quantitative estimate of drug-likeness (QED) is 0.458. The first kappa shape index (κ1) is 18.2. The first-order valence-electron chi connectivity index (χ1n) is 5.94. The van der Waals surface area contributed by atoms with Gasteiger partial charge in [0.05, 0.1) is 18.6 Å². The highest BCUT2D eigenvalue weighted by Gasteiger charge is 2.32. The van der Waals surface area contributed by atoms with Crippen molar-refractivity contribution >= 4 is 17.7 Å². The summed E-state index contributed by atoms with van der Waals surface area (Å²) in [6.45, 7) is 1.54. The van der Waals surface area contributed by atoms with Crippen LogP contribution in [0.25, 0.3) is 0 Å². The van der Waals surface area contributed by atoms with Crippen LogP contribution in [0.4, 0.5) is 22.0 Å². The molecule has 0 spiro atoms. The predicted molar refractivity (Wildman–Crippen MR) is 68.4 cm³/mol. The zero-order valence-corrected chi connectivity index (χ0v) is 12.0. The van der Waals surface area contributed by atoms with E-state index in [1.807, 2.05) is 0 Å². The number of hydrogen-bond donors (Lipinski definition) is 0. The maximum absolute atomic E-state index is 12.8. The molecule has 0 saturated carbocycles. The normalized spacial score (nSPS) is 11.4. The molecule has 0 aliphatic carbocycles. The summed E-state index contributed by atoms with van der Waals surface area (Å²) in [6, 6.07) is 2.98. The number of halogens is 5. The van der Waals surface area contributed by atoms with Gasteiger partial charge in [-0.2, -0.15) is 18.4 Å². The van der Waals surface area contributed by atoms with Crippen molar-refractivity contribution in [2.24, 2.45) is 0 Å². The van der Waals surface area contributed by atoms with Crippen LogP contribution in [0.15, 0.2) is 17.0 Å². The van der Waals surface area contributed by atoms with Gasteiger partial charge in [-0.1, -0.05) is 0 Å². The molecule has 9 heteroatoms. The van der Waals surface area contributed by atoms with E-state index in [-0.39, 0.29) is 12.2 Å². The van der Waals surface area contributed by atoms with E-state index in [0.29, 0.717) is 6.07 Å². The molecule has 0 heterocycles. The maximum Gasteiger partial charge on any atom is 0.446 e. The molecule has 120 valence electrons. The number of thioether (sulfide) groups is 1. The molecule has 0 aromatic heterocycles. The van der Waals surface area contributed by atoms with E-state index in [1.54, 1.807) is 0 Å². The zero-order valence-electron chi connectivity index (χ0n) is 11.2. The van der Waals surface area contributed by atoms with E-state index in [9.17, 15) is 26.7 Å². The number of hydrogen-bond acceptors (Lipinski definition) is 4. The molecule has 0 radical (unpaired) electrons. The fourth-order valence-corrected chi connectivity index (χ4v) is 2.38. The van der Waals surface area contributed by atoms with E-state index < -0.39 is 52.1 Å². The van der Waals surface area contributed by atoms with Crippen LogP contribution in [0.3, 0.4) is 0 Å². The SMILES string of the molecule is CCOC(=O)Cc1cc(C(F)F)cc(SC(F)(F)F)c1C#N. The average molecular weight is 339 g/mol. The van der Waals surface area contributed by atoms with E-state index in [1.165, 1.54) is 13.0 Å². The van der Waals surface area contributed by atoms with Gasteiger partial charge in [-0.25, -0.2) is 8.78 Å². The van der Waals surface area contributed by atoms with Crippen molar-refractivity contribution in [3.63, 3.8) is 0 Å². The number of benzene rings is 1. The van der Waals surface area contributed by atoms with Crippen LogP contribution in [0.5, 0.6) is 0 Å². The number of nitriles is 1. The molecule has 0 bridgehead atoms. The average Bonchev–Trinajstić information content (AvgIpc) is 2.36. The Kier molecular flexibility index (Phi) is 6.17. The molecule has 0 aliphatic heterocycles. The predicted octanol–water partition coefficient (Wildman–Crippen LogP) is 4.21. The van der Waals surface area contributed by atoms with Gasteiger partial charge in [-0.05, 0) is 36.4 Å². The summed E-state index contributed by atoms with van der Waals surface area (Å²) in [5.41, 5.74) is -6.11. The molecule has 0 atom stereocenters. The Balaban J connectivity index is 3.34. The lowest BCUT2D eigenvalue weighted by Gasteiger charge is -2.13. The van der Waals surface area contributed by atoms with Gasteiger partial charge in [-0.3, -0.25) is 4.79 Å². The van der Waals surface area contributed by atoms with Crippen molar-refractivity contribution < 1.29 is 31.5 Å². The first-order valence-corrected chi connectivity index (χ1v) is 6.76. The summed E-state index contributed by atoms with van der Waals surface area (Å²) < 4.78 is 67.6. The molecule has 1 aromatic carbocycles. The molecule has 0 unspecified atom stereocenters. The standard InChI is InChI=1S/C13H10F5NO2S/c1-2-21-11(20)5-7-3-8(12(14)15)4-10(9(7)6-19)22-13(16,17)18/h3-4,12H,2,5H2,1H3. The topological polar surface area (TPSA) is 50.1 Å². The molecule has 1 rings (SSSR count). The molecule has 0 fully saturated rings. The van der Waals surface area contributed by atoms with E-state index in [0.717, 1.165) is 6.07 Å². The number of esters is 1. The molecule has 22 heavy (non-hydrogen) atoms. The third-order valence-corrected chi connectivity index (χ3v) is 3.21. The lowest BCUT2D eigenvalue weighted by Crippen LogP contribution is -2.10. The minimum Gasteiger partial charge on any atom is -0.466 e. The molecule has 0 N–H and O–H groups in total. The summed E-state index contributed by atoms with van der Waals surface area (Å²) in [6.07, 6.45) is -3.58. The van der Waals surface area contributed by atoms with Crippen LogP contribution in [0.1, 0.15) is 30.0 Å².